The minimum atomic E-state index is -1.33. The first-order chi connectivity index (χ1) is 10.0. The molecule has 1 fully saturated rings. The van der Waals surface area contributed by atoms with Crippen LogP contribution < -0.4 is 4.68 Å². The Hall–Kier alpha value is -1.39. The van der Waals surface area contributed by atoms with Crippen LogP contribution in [-0.4, -0.2) is 49.6 Å². The summed E-state index contributed by atoms with van der Waals surface area (Å²) in [5.41, 5.74) is 3.61. The van der Waals surface area contributed by atoms with Gasteiger partial charge in [-0.25, -0.2) is 0 Å². The Morgan fingerprint density at radius 2 is 2.14 bits per heavy atom. The number of nitrogens with zero attached hydrogens (tertiary/aromatic N) is 3. The van der Waals surface area contributed by atoms with Crippen LogP contribution in [-0.2, 0) is 0 Å². The molecule has 0 bridgehead atoms. The van der Waals surface area contributed by atoms with Gasteiger partial charge in [0.2, 0.25) is 0 Å². The van der Waals surface area contributed by atoms with Gasteiger partial charge >= 0.3 is 127 Å². The third-order valence-electron chi connectivity index (χ3n) is 4.11. The Balaban J connectivity index is 1.85. The van der Waals surface area contributed by atoms with Gasteiger partial charge in [0.15, 0.2) is 0 Å². The topological polar surface area (TPSA) is 72.4 Å². The predicted molar refractivity (Wildman–Crippen MR) is 82.4 cm³/mol. The molecule has 1 atom stereocenters. The van der Waals surface area contributed by atoms with Crippen LogP contribution in [0.15, 0.2) is 22.6 Å². The molecule has 3 rings (SSSR count). The number of nitro groups is 1. The molecule has 1 unspecified atom stereocenters. The number of rotatable bonds is 3. The van der Waals surface area contributed by atoms with Gasteiger partial charge in [0.25, 0.3) is 0 Å². The fourth-order valence-corrected chi connectivity index (χ4v) is 6.54. The van der Waals surface area contributed by atoms with E-state index in [1.165, 1.54) is 25.0 Å². The molecular weight excluding hydrogens is 333 g/mol. The van der Waals surface area contributed by atoms with E-state index in [2.05, 4.69) is 22.6 Å². The molecule has 0 spiro atoms. The molecule has 1 aliphatic heterocycles. The quantitative estimate of drug-likeness (QED) is 0.481. The SMILES string of the molecule is CN1CCC([As](C)c2nc3cc([N+](=O)[O-])ccc3o2)CC1. The van der Waals surface area contributed by atoms with Crippen molar-refractivity contribution in [3.63, 3.8) is 0 Å². The van der Waals surface area contributed by atoms with E-state index in [0.717, 1.165) is 17.8 Å². The van der Waals surface area contributed by atoms with Crippen LogP contribution in [0.3, 0.4) is 0 Å². The Morgan fingerprint density at radius 1 is 1.43 bits per heavy atom. The molecule has 0 radical (unpaired) electrons. The van der Waals surface area contributed by atoms with Crippen molar-refractivity contribution in [2.45, 2.75) is 23.3 Å². The average molecular weight is 351 g/mol. The zero-order valence-corrected chi connectivity index (χ0v) is 14.0. The van der Waals surface area contributed by atoms with Gasteiger partial charge in [0.05, 0.1) is 0 Å². The van der Waals surface area contributed by atoms with Crippen LogP contribution in [0.5, 0.6) is 0 Å². The molecule has 1 saturated heterocycles. The second-order valence-electron chi connectivity index (χ2n) is 5.55. The summed E-state index contributed by atoms with van der Waals surface area (Å²) in [5.74, 6) is 0. The first-order valence-corrected chi connectivity index (χ1v) is 10.9. The summed E-state index contributed by atoms with van der Waals surface area (Å²) in [7, 11) is 2.15. The van der Waals surface area contributed by atoms with E-state index in [0.29, 0.717) is 15.8 Å². The number of fused-ring (bicyclic) bond motifs is 1. The van der Waals surface area contributed by atoms with Gasteiger partial charge in [0, 0.05) is 0 Å². The van der Waals surface area contributed by atoms with Gasteiger partial charge in [-0.05, 0) is 0 Å². The van der Waals surface area contributed by atoms with Crippen molar-refractivity contribution in [2.75, 3.05) is 20.1 Å². The molecule has 1 aliphatic rings. The molecule has 1 aromatic carbocycles. The fourth-order valence-electron chi connectivity index (χ4n) is 2.71. The minimum absolute atomic E-state index is 0.0665. The normalized spacial score (nSPS) is 19.0. The summed E-state index contributed by atoms with van der Waals surface area (Å²) in [6.07, 6.45) is 2.40. The van der Waals surface area contributed by atoms with Crippen LogP contribution in [0.1, 0.15) is 12.8 Å². The van der Waals surface area contributed by atoms with Gasteiger partial charge in [-0.1, -0.05) is 0 Å². The summed E-state index contributed by atoms with van der Waals surface area (Å²) in [6.45, 7) is 2.27. The number of oxazole rings is 1. The Morgan fingerprint density at radius 3 is 2.81 bits per heavy atom. The van der Waals surface area contributed by atoms with Crippen molar-refractivity contribution in [1.82, 2.24) is 9.88 Å². The van der Waals surface area contributed by atoms with Gasteiger partial charge < -0.3 is 0 Å². The maximum absolute atomic E-state index is 10.8. The Bertz CT molecular complexity index is 665. The van der Waals surface area contributed by atoms with Crippen LogP contribution in [0.4, 0.5) is 5.69 Å². The number of likely N-dealkylation sites (tertiary alicyclic amines) is 1. The number of benzene rings is 1. The maximum atomic E-state index is 10.8. The van der Waals surface area contributed by atoms with Crippen molar-refractivity contribution >= 4 is 36.1 Å². The molecule has 2 aromatic rings. The summed E-state index contributed by atoms with van der Waals surface area (Å²) in [4.78, 5) is 17.3. The second kappa shape index (κ2) is 5.77. The number of nitro benzene ring substituents is 1. The average Bonchev–Trinajstić information content (AvgIpc) is 2.90. The Kier molecular flexibility index (Phi) is 4.00. The summed E-state index contributed by atoms with van der Waals surface area (Å²) in [6, 6.07) is 4.62. The van der Waals surface area contributed by atoms with E-state index >= 15 is 0 Å². The monoisotopic (exact) mass is 351 g/mol. The number of aromatic nitrogens is 1. The third kappa shape index (κ3) is 2.96. The van der Waals surface area contributed by atoms with Crippen LogP contribution in [0.25, 0.3) is 11.1 Å². The van der Waals surface area contributed by atoms with Crippen molar-refractivity contribution in [3.8, 4) is 0 Å². The number of non-ortho nitro benzene ring substituents is 1. The molecule has 0 N–H and O–H groups in total. The van der Waals surface area contributed by atoms with E-state index in [-0.39, 0.29) is 5.69 Å². The molecule has 0 aliphatic carbocycles. The molecule has 6 nitrogen and oxygen atoms in total. The van der Waals surface area contributed by atoms with Gasteiger partial charge in [-0.15, -0.1) is 0 Å². The fraction of sp³-hybridized carbons (Fsp3) is 0.500. The second-order valence-corrected chi connectivity index (χ2v) is 10.4. The van der Waals surface area contributed by atoms with Crippen molar-refractivity contribution in [3.05, 3.63) is 28.3 Å². The van der Waals surface area contributed by atoms with E-state index in [1.54, 1.807) is 6.07 Å². The first kappa shape index (κ1) is 14.5. The van der Waals surface area contributed by atoms with Crippen LogP contribution >= 0.6 is 0 Å². The third-order valence-corrected chi connectivity index (χ3v) is 9.16. The van der Waals surface area contributed by atoms with Crippen molar-refractivity contribution < 1.29 is 9.34 Å². The first-order valence-electron chi connectivity index (χ1n) is 7.01. The van der Waals surface area contributed by atoms with Crippen LogP contribution in [0, 0.1) is 10.1 Å². The summed E-state index contributed by atoms with van der Waals surface area (Å²) >= 11 is -1.33. The summed E-state index contributed by atoms with van der Waals surface area (Å²) in [5, 5.41) is 10.8. The molecule has 112 valence electrons. The molecule has 21 heavy (non-hydrogen) atoms. The molecule has 1 aromatic heterocycles. The van der Waals surface area contributed by atoms with Crippen molar-refractivity contribution in [1.29, 1.82) is 0 Å². The zero-order valence-electron chi connectivity index (χ0n) is 12.2. The van der Waals surface area contributed by atoms with E-state index in [4.69, 9.17) is 4.42 Å². The molecular formula is C14H18AsN3O3. The van der Waals surface area contributed by atoms with Crippen LogP contribution in [0.2, 0.25) is 10.4 Å². The number of hydrogen-bond donors (Lipinski definition) is 0. The molecule has 0 saturated carbocycles. The van der Waals surface area contributed by atoms with Gasteiger partial charge in [-0.3, -0.25) is 0 Å². The van der Waals surface area contributed by atoms with E-state index < -0.39 is 19.6 Å². The van der Waals surface area contributed by atoms with Crippen molar-refractivity contribution in [2.24, 2.45) is 0 Å². The Labute approximate surface area is 127 Å². The standard InChI is InChI=1S/C14H18AsN3O3/c1-15(10-5-7-17(2)8-6-10)14-16-12-9-11(18(19)20)3-4-13(12)21-14/h3-4,9-10H,5-8H2,1-2H3. The molecule has 7 heteroatoms. The predicted octanol–water partition coefficient (Wildman–Crippen LogP) is 2.16. The molecule has 2 heterocycles. The number of hydrogen-bond acceptors (Lipinski definition) is 5. The zero-order chi connectivity index (χ0) is 15.0. The van der Waals surface area contributed by atoms with Gasteiger partial charge in [-0.2, -0.15) is 0 Å². The summed E-state index contributed by atoms with van der Waals surface area (Å²) < 4.78 is 7.41. The number of piperidine rings is 1. The van der Waals surface area contributed by atoms with E-state index in [1.807, 2.05) is 0 Å². The molecule has 0 amide bonds. The van der Waals surface area contributed by atoms with Gasteiger partial charge in [0.1, 0.15) is 0 Å². The van der Waals surface area contributed by atoms with E-state index in [9.17, 15) is 10.1 Å².